The van der Waals surface area contributed by atoms with Crippen LogP contribution in [0, 0.1) is 17.7 Å². The van der Waals surface area contributed by atoms with Gasteiger partial charge < -0.3 is 15.0 Å². The highest BCUT2D eigenvalue weighted by Crippen LogP contribution is 2.43. The van der Waals surface area contributed by atoms with Gasteiger partial charge in [-0.3, -0.25) is 4.79 Å². The van der Waals surface area contributed by atoms with Crippen LogP contribution in [-0.2, 0) is 0 Å². The zero-order valence-electron chi connectivity index (χ0n) is 15.2. The summed E-state index contributed by atoms with van der Waals surface area (Å²) < 4.78 is 54.6. The van der Waals surface area contributed by atoms with E-state index >= 15 is 0 Å². The van der Waals surface area contributed by atoms with E-state index in [0.29, 0.717) is 6.54 Å². The van der Waals surface area contributed by atoms with Crippen molar-refractivity contribution in [3.8, 4) is 5.75 Å². The number of hydrogen-bond donors (Lipinski definition) is 1. The van der Waals surface area contributed by atoms with Gasteiger partial charge in [0.1, 0.15) is 11.6 Å². The van der Waals surface area contributed by atoms with Crippen LogP contribution in [-0.4, -0.2) is 36.8 Å². The van der Waals surface area contributed by atoms with E-state index in [9.17, 15) is 22.4 Å². The topological polar surface area (TPSA) is 41.6 Å². The Balaban J connectivity index is 0.00000240. The van der Waals surface area contributed by atoms with Crippen molar-refractivity contribution in [2.24, 2.45) is 11.8 Å². The minimum atomic E-state index is -4.78. The van der Waals surface area contributed by atoms with E-state index in [1.807, 2.05) is 0 Å². The molecule has 0 spiro atoms. The smallest absolute Gasteiger partial charge is 0.406 e. The molecule has 1 amide bonds. The van der Waals surface area contributed by atoms with E-state index in [-0.39, 0.29) is 53.3 Å². The van der Waals surface area contributed by atoms with Gasteiger partial charge in [-0.25, -0.2) is 4.39 Å². The fourth-order valence-electron chi connectivity index (χ4n) is 4.21. The van der Waals surface area contributed by atoms with Gasteiger partial charge >= 0.3 is 6.36 Å². The molecule has 9 heteroatoms. The lowest BCUT2D eigenvalue weighted by Gasteiger charge is -2.28. The van der Waals surface area contributed by atoms with Crippen LogP contribution in [0.1, 0.15) is 22.0 Å². The second-order valence-corrected chi connectivity index (χ2v) is 7.11. The van der Waals surface area contributed by atoms with E-state index in [1.54, 1.807) is 17.0 Å². The first kappa shape index (κ1) is 21.4. The molecule has 156 valence electrons. The van der Waals surface area contributed by atoms with Gasteiger partial charge in [0.25, 0.3) is 5.91 Å². The summed E-state index contributed by atoms with van der Waals surface area (Å²) in [6.45, 7) is 2.02. The molecule has 2 aromatic rings. The van der Waals surface area contributed by atoms with E-state index < -0.39 is 6.36 Å². The predicted molar refractivity (Wildman–Crippen MR) is 100 cm³/mol. The summed E-state index contributed by atoms with van der Waals surface area (Å²) in [4.78, 5) is 14.8. The average Bonchev–Trinajstić information content (AvgIpc) is 3.21. The van der Waals surface area contributed by atoms with Gasteiger partial charge in [-0.15, -0.1) is 25.6 Å². The van der Waals surface area contributed by atoms with Gasteiger partial charge in [-0.05, 0) is 47.9 Å². The molecule has 2 saturated heterocycles. The Morgan fingerprint density at radius 2 is 1.83 bits per heavy atom. The number of nitrogens with one attached hydrogen (secondary N) is 1. The van der Waals surface area contributed by atoms with Crippen LogP contribution in [0.5, 0.6) is 5.75 Å². The molecular weight excluding hydrogens is 412 g/mol. The summed E-state index contributed by atoms with van der Waals surface area (Å²) in [5, 5.41) is 3.31. The summed E-state index contributed by atoms with van der Waals surface area (Å²) in [7, 11) is 0. The van der Waals surface area contributed by atoms with Gasteiger partial charge in [0.2, 0.25) is 0 Å². The number of likely N-dealkylation sites (tertiary alicyclic amines) is 1. The highest BCUT2D eigenvalue weighted by Gasteiger charge is 2.47. The van der Waals surface area contributed by atoms with Crippen molar-refractivity contribution in [1.82, 2.24) is 10.2 Å². The molecule has 0 unspecified atom stereocenters. The van der Waals surface area contributed by atoms with Crippen molar-refractivity contribution in [2.75, 3.05) is 19.6 Å². The monoisotopic (exact) mass is 430 g/mol. The lowest BCUT2D eigenvalue weighted by molar-refractivity contribution is -0.274. The molecule has 0 saturated carbocycles. The molecular formula is C20H19ClF4N2O2. The van der Waals surface area contributed by atoms with Crippen LogP contribution < -0.4 is 10.1 Å². The molecule has 2 aromatic carbocycles. The molecule has 4 nitrogen and oxygen atoms in total. The van der Waals surface area contributed by atoms with E-state index in [1.165, 1.54) is 24.3 Å². The number of nitrogens with zero attached hydrogens (tertiary/aromatic N) is 1. The van der Waals surface area contributed by atoms with Crippen LogP contribution in [0.2, 0.25) is 0 Å². The predicted octanol–water partition coefficient (Wildman–Crippen LogP) is 4.18. The van der Waals surface area contributed by atoms with Crippen LogP contribution in [0.15, 0.2) is 48.5 Å². The van der Waals surface area contributed by atoms with Crippen LogP contribution in [0.3, 0.4) is 0 Å². The zero-order valence-corrected chi connectivity index (χ0v) is 16.0. The van der Waals surface area contributed by atoms with Crippen molar-refractivity contribution in [3.05, 3.63) is 65.5 Å². The first-order valence-corrected chi connectivity index (χ1v) is 8.95. The number of hydrogen-bond acceptors (Lipinski definition) is 3. The number of amides is 1. The molecule has 29 heavy (non-hydrogen) atoms. The zero-order chi connectivity index (χ0) is 19.9. The maximum atomic E-state index is 13.8. The largest absolute Gasteiger partial charge is 0.573 e. The summed E-state index contributed by atoms with van der Waals surface area (Å²) in [6, 6.07) is 10.8. The van der Waals surface area contributed by atoms with Gasteiger partial charge in [0.15, 0.2) is 0 Å². The SMILES string of the molecule is Cl.O=C(c1ccc(OC(F)(F)F)cc1)N1C[C@@H]2CNC[C@@H]2[C@H]1c1cccc(F)c1. The minimum Gasteiger partial charge on any atom is -0.406 e. The highest BCUT2D eigenvalue weighted by atomic mass is 35.5. The molecule has 2 fully saturated rings. The lowest BCUT2D eigenvalue weighted by Crippen LogP contribution is -2.34. The molecule has 3 atom stereocenters. The molecule has 0 aliphatic carbocycles. The Morgan fingerprint density at radius 1 is 1.10 bits per heavy atom. The number of rotatable bonds is 3. The summed E-state index contributed by atoms with van der Waals surface area (Å²) in [5.41, 5.74) is 0.991. The van der Waals surface area contributed by atoms with Crippen molar-refractivity contribution in [1.29, 1.82) is 0 Å². The van der Waals surface area contributed by atoms with Crippen molar-refractivity contribution >= 4 is 18.3 Å². The number of carbonyl (C=O) groups is 1. The molecule has 0 bridgehead atoms. The Bertz CT molecular complexity index is 876. The van der Waals surface area contributed by atoms with Gasteiger partial charge in [-0.2, -0.15) is 0 Å². The number of fused-ring (bicyclic) bond motifs is 1. The molecule has 4 rings (SSSR count). The molecule has 1 N–H and O–H groups in total. The minimum absolute atomic E-state index is 0. The Labute approximate surface area is 171 Å². The second-order valence-electron chi connectivity index (χ2n) is 7.11. The van der Waals surface area contributed by atoms with Crippen molar-refractivity contribution < 1.29 is 27.1 Å². The average molecular weight is 431 g/mol. The standard InChI is InChI=1S/C20H18F4N2O2.ClH/c21-15-3-1-2-13(8-15)18-17-10-25-9-14(17)11-26(18)19(27)12-4-6-16(7-5-12)28-20(22,23)24;/h1-8,14,17-18,25H,9-11H2;1H/t14-,17-,18+;/m0./s1. The number of benzene rings is 2. The second kappa shape index (κ2) is 8.20. The molecule has 2 heterocycles. The quantitative estimate of drug-likeness (QED) is 0.743. The number of alkyl halides is 3. The van der Waals surface area contributed by atoms with Crippen LogP contribution >= 0.6 is 12.4 Å². The van der Waals surface area contributed by atoms with Gasteiger partial charge in [0.05, 0.1) is 6.04 Å². The lowest BCUT2D eigenvalue weighted by atomic mass is 9.89. The first-order chi connectivity index (χ1) is 13.3. The maximum Gasteiger partial charge on any atom is 0.573 e. The Hall–Kier alpha value is -2.32. The maximum absolute atomic E-state index is 13.8. The Morgan fingerprint density at radius 3 is 2.48 bits per heavy atom. The highest BCUT2D eigenvalue weighted by molar-refractivity contribution is 5.95. The number of halogens is 5. The van der Waals surface area contributed by atoms with Crippen LogP contribution in [0.4, 0.5) is 17.6 Å². The fraction of sp³-hybridized carbons (Fsp3) is 0.350. The molecule has 0 radical (unpaired) electrons. The number of ether oxygens (including phenoxy) is 1. The molecule has 2 aliphatic heterocycles. The third kappa shape index (κ3) is 4.48. The summed E-state index contributed by atoms with van der Waals surface area (Å²) >= 11 is 0. The summed E-state index contributed by atoms with van der Waals surface area (Å²) in [5.74, 6) is -0.618. The normalized spacial score (nSPS) is 23.4. The first-order valence-electron chi connectivity index (χ1n) is 8.95. The van der Waals surface area contributed by atoms with Gasteiger partial charge in [-0.1, -0.05) is 12.1 Å². The summed E-state index contributed by atoms with van der Waals surface area (Å²) in [6.07, 6.45) is -4.78. The van der Waals surface area contributed by atoms with Crippen molar-refractivity contribution in [2.45, 2.75) is 12.4 Å². The Kier molecular flexibility index (Phi) is 6.05. The van der Waals surface area contributed by atoms with E-state index in [0.717, 1.165) is 30.8 Å². The van der Waals surface area contributed by atoms with E-state index in [4.69, 9.17) is 0 Å². The third-order valence-electron chi connectivity index (χ3n) is 5.35. The van der Waals surface area contributed by atoms with Crippen LogP contribution in [0.25, 0.3) is 0 Å². The fourth-order valence-corrected chi connectivity index (χ4v) is 4.21. The van der Waals surface area contributed by atoms with Gasteiger partial charge in [0, 0.05) is 31.1 Å². The molecule has 0 aromatic heterocycles. The molecule has 2 aliphatic rings. The van der Waals surface area contributed by atoms with E-state index in [2.05, 4.69) is 10.1 Å². The number of carbonyl (C=O) groups excluding carboxylic acids is 1. The third-order valence-corrected chi connectivity index (χ3v) is 5.35. The van der Waals surface area contributed by atoms with Crippen molar-refractivity contribution in [3.63, 3.8) is 0 Å².